The van der Waals surface area contributed by atoms with Gasteiger partial charge in [0.05, 0.1) is 6.10 Å². The molecule has 0 spiro atoms. The monoisotopic (exact) mass is 464 g/mol. The number of allylic oxidation sites excluding steroid dienone is 1. The SMILES string of the molecule is COC1(OC)CCC2=C(C[C@@H](CO)[C@@H]3[C@@H]2CC[C@]2(C)[C@@H](O[Si](C)(C)C(C)(C)C)CC[C@@H]32)C1. The summed E-state index contributed by atoms with van der Waals surface area (Å²) in [6, 6.07) is 0. The summed E-state index contributed by atoms with van der Waals surface area (Å²) in [7, 11) is 1.75. The maximum Gasteiger partial charge on any atom is 0.192 e. The molecular formula is C27H48O4Si. The lowest BCUT2D eigenvalue weighted by Crippen LogP contribution is -2.53. The van der Waals surface area contributed by atoms with Crippen LogP contribution in [0.3, 0.4) is 0 Å². The van der Waals surface area contributed by atoms with Crippen LogP contribution >= 0.6 is 0 Å². The van der Waals surface area contributed by atoms with Crippen LogP contribution in [0.4, 0.5) is 0 Å². The summed E-state index contributed by atoms with van der Waals surface area (Å²) in [5.41, 5.74) is 3.47. The molecule has 0 heterocycles. The Morgan fingerprint density at radius 3 is 2.34 bits per heavy atom. The second-order valence-corrected chi connectivity index (χ2v) is 17.8. The summed E-state index contributed by atoms with van der Waals surface area (Å²) in [6.45, 7) is 14.7. The lowest BCUT2D eigenvalue weighted by molar-refractivity contribution is -0.214. The van der Waals surface area contributed by atoms with E-state index in [1.54, 1.807) is 19.8 Å². The molecule has 0 aromatic carbocycles. The maximum absolute atomic E-state index is 10.5. The van der Waals surface area contributed by atoms with Crippen molar-refractivity contribution in [1.29, 1.82) is 0 Å². The lowest BCUT2D eigenvalue weighted by atomic mass is 9.51. The third-order valence-electron chi connectivity index (χ3n) is 10.7. The van der Waals surface area contributed by atoms with Crippen LogP contribution in [0.15, 0.2) is 11.1 Å². The van der Waals surface area contributed by atoms with Gasteiger partial charge >= 0.3 is 0 Å². The van der Waals surface area contributed by atoms with Gasteiger partial charge in [-0.25, -0.2) is 0 Å². The van der Waals surface area contributed by atoms with E-state index in [2.05, 4.69) is 40.8 Å². The van der Waals surface area contributed by atoms with Crippen molar-refractivity contribution >= 4 is 8.32 Å². The molecular weight excluding hydrogens is 416 g/mol. The molecule has 4 nitrogen and oxygen atoms in total. The predicted octanol–water partition coefficient (Wildman–Crippen LogP) is 6.30. The van der Waals surface area contributed by atoms with Crippen molar-refractivity contribution in [3.05, 3.63) is 11.1 Å². The molecule has 0 saturated heterocycles. The Labute approximate surface area is 197 Å². The number of aliphatic hydroxyl groups is 1. The van der Waals surface area contributed by atoms with E-state index in [1.165, 1.54) is 31.3 Å². The highest BCUT2D eigenvalue weighted by Gasteiger charge is 2.59. The van der Waals surface area contributed by atoms with Crippen LogP contribution < -0.4 is 0 Å². The van der Waals surface area contributed by atoms with Gasteiger partial charge in [0.2, 0.25) is 0 Å². The van der Waals surface area contributed by atoms with Gasteiger partial charge in [0.25, 0.3) is 0 Å². The molecule has 0 aromatic heterocycles. The highest BCUT2D eigenvalue weighted by molar-refractivity contribution is 6.74. The Kier molecular flexibility index (Phi) is 6.60. The van der Waals surface area contributed by atoms with Gasteiger partial charge in [-0.1, -0.05) is 38.8 Å². The minimum absolute atomic E-state index is 0.244. The van der Waals surface area contributed by atoms with E-state index >= 15 is 0 Å². The third-order valence-corrected chi connectivity index (χ3v) is 15.2. The van der Waals surface area contributed by atoms with Gasteiger partial charge in [-0.05, 0) is 85.7 Å². The molecule has 32 heavy (non-hydrogen) atoms. The summed E-state index contributed by atoms with van der Waals surface area (Å²) in [5.74, 6) is 1.79. The first kappa shape index (κ1) is 24.9. The zero-order chi connectivity index (χ0) is 23.5. The highest BCUT2D eigenvalue weighted by atomic mass is 28.4. The summed E-state index contributed by atoms with van der Waals surface area (Å²) in [5, 5.41) is 10.8. The topological polar surface area (TPSA) is 47.9 Å². The minimum atomic E-state index is -1.80. The van der Waals surface area contributed by atoms with E-state index in [1.807, 2.05) is 0 Å². The number of ether oxygens (including phenoxy) is 2. The summed E-state index contributed by atoms with van der Waals surface area (Å²) >= 11 is 0. The molecule has 0 aromatic rings. The van der Waals surface area contributed by atoms with Crippen molar-refractivity contribution in [1.82, 2.24) is 0 Å². The van der Waals surface area contributed by atoms with Crippen molar-refractivity contribution in [2.24, 2.45) is 29.1 Å². The van der Waals surface area contributed by atoms with Gasteiger partial charge in [-0.3, -0.25) is 0 Å². The number of fused-ring (bicyclic) bond motifs is 4. The van der Waals surface area contributed by atoms with Crippen LogP contribution in [0.1, 0.15) is 79.1 Å². The van der Waals surface area contributed by atoms with Crippen LogP contribution in [0, 0.1) is 29.1 Å². The fraction of sp³-hybridized carbons (Fsp3) is 0.926. The molecule has 1 N–H and O–H groups in total. The van der Waals surface area contributed by atoms with Crippen LogP contribution in [0.5, 0.6) is 0 Å². The fourth-order valence-corrected chi connectivity index (χ4v) is 9.14. The summed E-state index contributed by atoms with van der Waals surface area (Å²) < 4.78 is 18.7. The number of rotatable bonds is 5. The van der Waals surface area contributed by atoms with E-state index in [9.17, 15) is 5.11 Å². The normalized spacial score (nSPS) is 39.5. The van der Waals surface area contributed by atoms with Crippen molar-refractivity contribution in [3.8, 4) is 0 Å². The molecule has 0 amide bonds. The molecule has 4 aliphatic carbocycles. The summed E-state index contributed by atoms with van der Waals surface area (Å²) in [6.07, 6.45) is 9.26. The Morgan fingerprint density at radius 2 is 1.75 bits per heavy atom. The second kappa shape index (κ2) is 8.48. The van der Waals surface area contributed by atoms with Crippen LogP contribution in [0.25, 0.3) is 0 Å². The standard InChI is InChI=1S/C27H48O4Si/c1-25(2,3)32(7,8)31-23-10-9-22-24-19(17-28)15-18-16-27(29-5,30-6)14-12-20(18)21(24)11-13-26(22,23)4/h19,21-24,28H,9-17H2,1-8H3/t19-,21+,22-,23-,24+,26-/m0/s1. The van der Waals surface area contributed by atoms with E-state index in [0.717, 1.165) is 25.7 Å². The van der Waals surface area contributed by atoms with E-state index in [0.29, 0.717) is 36.4 Å². The van der Waals surface area contributed by atoms with Crippen molar-refractivity contribution in [2.45, 2.75) is 109 Å². The van der Waals surface area contributed by atoms with Gasteiger partial charge in [-0.15, -0.1) is 0 Å². The van der Waals surface area contributed by atoms with E-state index in [-0.39, 0.29) is 10.5 Å². The smallest absolute Gasteiger partial charge is 0.192 e. The average molecular weight is 465 g/mol. The number of hydrogen-bond acceptors (Lipinski definition) is 4. The first-order valence-corrected chi connectivity index (χ1v) is 15.9. The fourth-order valence-electron chi connectivity index (χ4n) is 7.69. The third kappa shape index (κ3) is 3.88. The number of aliphatic hydroxyl groups excluding tert-OH is 1. The molecule has 0 bridgehead atoms. The van der Waals surface area contributed by atoms with E-state index in [4.69, 9.17) is 13.9 Å². The van der Waals surface area contributed by atoms with Crippen molar-refractivity contribution < 1.29 is 19.0 Å². The molecule has 4 aliphatic rings. The molecule has 0 radical (unpaired) electrons. The molecule has 0 unspecified atom stereocenters. The first-order chi connectivity index (χ1) is 14.9. The molecule has 4 rings (SSSR count). The Balaban J connectivity index is 1.60. The summed E-state index contributed by atoms with van der Waals surface area (Å²) in [4.78, 5) is 0. The van der Waals surface area contributed by atoms with Crippen LogP contribution in [-0.2, 0) is 13.9 Å². The lowest BCUT2D eigenvalue weighted by Gasteiger charge is -2.56. The molecule has 0 aliphatic heterocycles. The van der Waals surface area contributed by atoms with Gasteiger partial charge < -0.3 is 19.0 Å². The zero-order valence-electron chi connectivity index (χ0n) is 21.9. The molecule has 6 atom stereocenters. The van der Waals surface area contributed by atoms with Crippen LogP contribution in [-0.4, -0.2) is 46.1 Å². The van der Waals surface area contributed by atoms with E-state index < -0.39 is 14.1 Å². The molecule has 2 saturated carbocycles. The van der Waals surface area contributed by atoms with Crippen molar-refractivity contribution in [2.75, 3.05) is 20.8 Å². The number of methoxy groups -OCH3 is 2. The average Bonchev–Trinajstić information content (AvgIpc) is 3.07. The molecule has 5 heteroatoms. The van der Waals surface area contributed by atoms with Gasteiger partial charge in [0.1, 0.15) is 0 Å². The molecule has 184 valence electrons. The highest BCUT2D eigenvalue weighted by Crippen LogP contribution is 2.64. The quantitative estimate of drug-likeness (QED) is 0.295. The van der Waals surface area contributed by atoms with Crippen molar-refractivity contribution in [3.63, 3.8) is 0 Å². The largest absolute Gasteiger partial charge is 0.413 e. The second-order valence-electron chi connectivity index (χ2n) is 13.1. The zero-order valence-corrected chi connectivity index (χ0v) is 22.9. The first-order valence-electron chi connectivity index (χ1n) is 13.0. The predicted molar refractivity (Wildman–Crippen MR) is 132 cm³/mol. The van der Waals surface area contributed by atoms with Gasteiger partial charge in [0.15, 0.2) is 14.1 Å². The Bertz CT molecular complexity index is 734. The number of hydrogen-bond donors (Lipinski definition) is 1. The van der Waals surface area contributed by atoms with Gasteiger partial charge in [-0.2, -0.15) is 0 Å². The van der Waals surface area contributed by atoms with Gasteiger partial charge in [0, 0.05) is 33.7 Å². The molecule has 2 fully saturated rings. The Morgan fingerprint density at radius 1 is 1.06 bits per heavy atom. The minimum Gasteiger partial charge on any atom is -0.413 e. The Hall–Kier alpha value is -0.203. The van der Waals surface area contributed by atoms with Crippen LogP contribution in [0.2, 0.25) is 18.1 Å². The maximum atomic E-state index is 10.5.